The van der Waals surface area contributed by atoms with Crippen LogP contribution in [0.4, 0.5) is 0 Å². The predicted molar refractivity (Wildman–Crippen MR) is 47.8 cm³/mol. The fourth-order valence-corrected chi connectivity index (χ4v) is 1.26. The topological polar surface area (TPSA) is 52.6 Å². The van der Waals surface area contributed by atoms with E-state index in [4.69, 9.17) is 21.1 Å². The van der Waals surface area contributed by atoms with E-state index in [0.717, 1.165) is 0 Å². The molecule has 0 aromatic heterocycles. The van der Waals surface area contributed by atoms with Gasteiger partial charge in [-0.2, -0.15) is 0 Å². The lowest BCUT2D eigenvalue weighted by Crippen LogP contribution is -2.06. The number of fused-ring (bicyclic) bond motifs is 1. The maximum Gasteiger partial charge on any atom is 0.293 e. The van der Waals surface area contributed by atoms with Gasteiger partial charge in [0.25, 0.3) is 5.24 Å². The number of hydrogen-bond donors (Lipinski definition) is 0. The van der Waals surface area contributed by atoms with Crippen molar-refractivity contribution in [1.82, 2.24) is 0 Å². The normalized spacial score (nSPS) is 12.6. The smallest absolute Gasteiger partial charge is 0.293 e. The van der Waals surface area contributed by atoms with Crippen LogP contribution in [-0.4, -0.2) is 17.8 Å². The highest BCUT2D eigenvalue weighted by Gasteiger charge is 2.19. The van der Waals surface area contributed by atoms with Gasteiger partial charge in [-0.25, -0.2) is 0 Å². The Morgan fingerprint density at radius 3 is 2.64 bits per heavy atom. The number of halogens is 1. The first-order valence-electron chi connectivity index (χ1n) is 3.82. The first kappa shape index (κ1) is 9.02. The number of hydrogen-bond acceptors (Lipinski definition) is 4. The molecule has 1 aliphatic heterocycles. The van der Waals surface area contributed by atoms with Crippen LogP contribution in [0.25, 0.3) is 0 Å². The van der Waals surface area contributed by atoms with Crippen LogP contribution in [0, 0.1) is 0 Å². The van der Waals surface area contributed by atoms with Gasteiger partial charge in [-0.1, -0.05) is 0 Å². The van der Waals surface area contributed by atoms with Crippen molar-refractivity contribution in [2.75, 3.05) is 6.79 Å². The van der Waals surface area contributed by atoms with Gasteiger partial charge in [0.1, 0.15) is 0 Å². The van der Waals surface area contributed by atoms with Crippen LogP contribution in [0.1, 0.15) is 10.4 Å². The van der Waals surface area contributed by atoms with Crippen LogP contribution >= 0.6 is 11.6 Å². The predicted octanol–water partition coefficient (Wildman–Crippen LogP) is 1.36. The first-order chi connectivity index (χ1) is 6.68. The minimum atomic E-state index is -1.01. The summed E-state index contributed by atoms with van der Waals surface area (Å²) in [5.41, 5.74) is 0.203. The van der Waals surface area contributed by atoms with Gasteiger partial charge < -0.3 is 9.47 Å². The van der Waals surface area contributed by atoms with Crippen molar-refractivity contribution in [2.24, 2.45) is 0 Å². The molecule has 1 aromatic rings. The summed E-state index contributed by atoms with van der Waals surface area (Å²) in [6.07, 6.45) is 0. The maximum atomic E-state index is 11.2. The second-order valence-corrected chi connectivity index (χ2v) is 3.01. The first-order valence-corrected chi connectivity index (χ1v) is 4.20. The van der Waals surface area contributed by atoms with Crippen molar-refractivity contribution in [3.8, 4) is 11.5 Å². The standard InChI is InChI=1S/C9H5ClO4/c10-9(12)8(11)5-1-2-6-7(3-5)14-4-13-6/h1-3H,4H2. The number of ketones is 1. The summed E-state index contributed by atoms with van der Waals surface area (Å²) < 4.78 is 10.1. The van der Waals surface area contributed by atoms with Gasteiger partial charge in [-0.15, -0.1) is 0 Å². The average Bonchev–Trinajstić information content (AvgIpc) is 2.62. The molecule has 0 unspecified atom stereocenters. The summed E-state index contributed by atoms with van der Waals surface area (Å²) >= 11 is 5.05. The second kappa shape index (κ2) is 3.31. The highest BCUT2D eigenvalue weighted by atomic mass is 35.5. The molecule has 0 saturated carbocycles. The average molecular weight is 213 g/mol. The molecule has 0 aliphatic carbocycles. The number of ether oxygens (including phenoxy) is 2. The van der Waals surface area contributed by atoms with Crippen LogP contribution in [0.5, 0.6) is 11.5 Å². The zero-order valence-electron chi connectivity index (χ0n) is 6.95. The Balaban J connectivity index is 2.38. The van der Waals surface area contributed by atoms with E-state index in [0.29, 0.717) is 11.5 Å². The van der Waals surface area contributed by atoms with E-state index in [2.05, 4.69) is 0 Å². The van der Waals surface area contributed by atoms with Crippen LogP contribution in [0.3, 0.4) is 0 Å². The number of Topliss-reactive ketones (excluding diaryl/α,β-unsaturated/α-hetero) is 1. The highest BCUT2D eigenvalue weighted by molar-refractivity contribution is 6.83. The molecular formula is C9H5ClO4. The molecule has 1 aliphatic rings. The zero-order valence-corrected chi connectivity index (χ0v) is 7.71. The van der Waals surface area contributed by atoms with Crippen molar-refractivity contribution in [2.45, 2.75) is 0 Å². The molecule has 4 nitrogen and oxygen atoms in total. The summed E-state index contributed by atoms with van der Waals surface area (Å²) in [6, 6.07) is 4.47. The molecule has 14 heavy (non-hydrogen) atoms. The Morgan fingerprint density at radius 1 is 1.21 bits per heavy atom. The Hall–Kier alpha value is -1.55. The summed E-state index contributed by atoms with van der Waals surface area (Å²) in [6.45, 7) is 0.127. The molecule has 0 N–H and O–H groups in total. The number of carbonyl (C=O) groups excluding carboxylic acids is 2. The van der Waals surface area contributed by atoms with E-state index in [-0.39, 0.29) is 12.4 Å². The summed E-state index contributed by atoms with van der Waals surface area (Å²) in [5.74, 6) is 0.266. The lowest BCUT2D eigenvalue weighted by atomic mass is 10.1. The Bertz CT molecular complexity index is 413. The van der Waals surface area contributed by atoms with Crippen LogP contribution in [-0.2, 0) is 4.79 Å². The monoisotopic (exact) mass is 212 g/mol. The number of rotatable bonds is 2. The molecule has 0 atom stereocenters. The molecule has 72 valence electrons. The van der Waals surface area contributed by atoms with Crippen molar-refractivity contribution in [3.63, 3.8) is 0 Å². The lowest BCUT2D eigenvalue weighted by Gasteiger charge is -1.98. The van der Waals surface area contributed by atoms with Crippen molar-refractivity contribution in [1.29, 1.82) is 0 Å². The summed E-state index contributed by atoms with van der Waals surface area (Å²) in [4.78, 5) is 21.8. The quantitative estimate of drug-likeness (QED) is 0.422. The van der Waals surface area contributed by atoms with Crippen molar-refractivity contribution in [3.05, 3.63) is 23.8 Å². The lowest BCUT2D eigenvalue weighted by molar-refractivity contribution is -0.108. The zero-order chi connectivity index (χ0) is 10.1. The van der Waals surface area contributed by atoms with Crippen LogP contribution in [0.2, 0.25) is 0 Å². The molecule has 1 heterocycles. The van der Waals surface area contributed by atoms with E-state index in [1.165, 1.54) is 12.1 Å². The largest absolute Gasteiger partial charge is 0.454 e. The molecule has 0 amide bonds. The molecular weight excluding hydrogens is 208 g/mol. The maximum absolute atomic E-state index is 11.2. The Labute approximate surface area is 84.4 Å². The van der Waals surface area contributed by atoms with E-state index >= 15 is 0 Å². The summed E-state index contributed by atoms with van der Waals surface area (Å²) in [7, 11) is 0. The molecule has 5 heteroatoms. The molecule has 0 bridgehead atoms. The van der Waals surface area contributed by atoms with Gasteiger partial charge in [0.05, 0.1) is 0 Å². The molecule has 0 radical (unpaired) electrons. The third kappa shape index (κ3) is 1.44. The Morgan fingerprint density at radius 2 is 1.93 bits per heavy atom. The minimum Gasteiger partial charge on any atom is -0.454 e. The third-order valence-electron chi connectivity index (χ3n) is 1.81. The molecule has 0 fully saturated rings. The van der Waals surface area contributed by atoms with Crippen molar-refractivity contribution >= 4 is 22.6 Å². The van der Waals surface area contributed by atoms with E-state index in [1.54, 1.807) is 6.07 Å². The van der Waals surface area contributed by atoms with E-state index in [1.807, 2.05) is 0 Å². The van der Waals surface area contributed by atoms with Gasteiger partial charge in [0, 0.05) is 5.56 Å². The summed E-state index contributed by atoms with van der Waals surface area (Å²) in [5, 5.41) is -1.01. The van der Waals surface area contributed by atoms with E-state index in [9.17, 15) is 9.59 Å². The second-order valence-electron chi connectivity index (χ2n) is 2.67. The fourth-order valence-electron chi connectivity index (χ4n) is 1.15. The van der Waals surface area contributed by atoms with Crippen LogP contribution < -0.4 is 9.47 Å². The molecule has 1 aromatic carbocycles. The number of carbonyl (C=O) groups is 2. The minimum absolute atomic E-state index is 0.127. The highest BCUT2D eigenvalue weighted by Crippen LogP contribution is 2.32. The molecule has 0 spiro atoms. The fraction of sp³-hybridized carbons (Fsp3) is 0.111. The SMILES string of the molecule is O=C(Cl)C(=O)c1ccc2c(c1)OCO2. The molecule has 0 saturated heterocycles. The van der Waals surface area contributed by atoms with Crippen molar-refractivity contribution < 1.29 is 19.1 Å². The number of benzene rings is 1. The van der Waals surface area contributed by atoms with Gasteiger partial charge >= 0.3 is 0 Å². The Kier molecular flexibility index (Phi) is 2.13. The van der Waals surface area contributed by atoms with Crippen LogP contribution in [0.15, 0.2) is 18.2 Å². The third-order valence-corrected chi connectivity index (χ3v) is 1.98. The van der Waals surface area contributed by atoms with Gasteiger partial charge in [0.2, 0.25) is 12.6 Å². The molecule has 2 rings (SSSR count). The van der Waals surface area contributed by atoms with E-state index < -0.39 is 11.0 Å². The van der Waals surface area contributed by atoms with Gasteiger partial charge in [-0.3, -0.25) is 9.59 Å². The van der Waals surface area contributed by atoms with Gasteiger partial charge in [0.15, 0.2) is 11.5 Å². The van der Waals surface area contributed by atoms with Gasteiger partial charge in [-0.05, 0) is 29.8 Å².